The molecule has 0 aromatic rings. The molecule has 1 saturated heterocycles. The van der Waals surface area contributed by atoms with E-state index >= 15 is 0 Å². The Labute approximate surface area is 99.8 Å². The fraction of sp³-hybridized carbons (Fsp3) is 1.00. The first-order valence-electron chi connectivity index (χ1n) is 6.29. The predicted octanol–water partition coefficient (Wildman–Crippen LogP) is 1.90. The van der Waals surface area contributed by atoms with Gasteiger partial charge in [-0.05, 0) is 25.4 Å². The van der Waals surface area contributed by atoms with Gasteiger partial charge in [-0.25, -0.2) is 0 Å². The standard InChI is InChI=1S/C13H27NO2/c1-12(2,3)5-8-14(4)11-13(15)6-9-16-10-7-13/h15H,5-11H2,1-4H3. The Bertz CT molecular complexity index is 204. The summed E-state index contributed by atoms with van der Waals surface area (Å²) in [5.74, 6) is 0. The minimum atomic E-state index is -0.523. The molecule has 1 fully saturated rings. The molecule has 0 radical (unpaired) electrons. The van der Waals surface area contributed by atoms with E-state index in [1.807, 2.05) is 0 Å². The van der Waals surface area contributed by atoms with E-state index in [0.717, 1.165) is 32.4 Å². The van der Waals surface area contributed by atoms with Crippen LogP contribution in [0.15, 0.2) is 0 Å². The lowest BCUT2D eigenvalue weighted by Gasteiger charge is -2.36. The van der Waals surface area contributed by atoms with E-state index in [4.69, 9.17) is 4.74 Å². The third-order valence-electron chi connectivity index (χ3n) is 3.23. The lowest BCUT2D eigenvalue weighted by molar-refractivity contribution is -0.0774. The van der Waals surface area contributed by atoms with Gasteiger partial charge in [0, 0.05) is 32.6 Å². The van der Waals surface area contributed by atoms with Gasteiger partial charge in [0.25, 0.3) is 0 Å². The summed E-state index contributed by atoms with van der Waals surface area (Å²) in [6, 6.07) is 0. The average Bonchev–Trinajstić information content (AvgIpc) is 2.14. The number of hydrogen-bond acceptors (Lipinski definition) is 3. The van der Waals surface area contributed by atoms with Crippen molar-refractivity contribution in [1.82, 2.24) is 4.90 Å². The minimum Gasteiger partial charge on any atom is -0.388 e. The van der Waals surface area contributed by atoms with Gasteiger partial charge < -0.3 is 14.7 Å². The van der Waals surface area contributed by atoms with Crippen LogP contribution in [0.25, 0.3) is 0 Å². The summed E-state index contributed by atoms with van der Waals surface area (Å²) in [6.45, 7) is 9.98. The Morgan fingerprint density at radius 1 is 1.25 bits per heavy atom. The smallest absolute Gasteiger partial charge is 0.0817 e. The first-order chi connectivity index (χ1) is 7.31. The Hall–Kier alpha value is -0.120. The Balaban J connectivity index is 2.29. The van der Waals surface area contributed by atoms with Crippen LogP contribution < -0.4 is 0 Å². The summed E-state index contributed by atoms with van der Waals surface area (Å²) in [5.41, 5.74) is -0.155. The number of nitrogens with zero attached hydrogens (tertiary/aromatic N) is 1. The first kappa shape index (κ1) is 13.9. The van der Waals surface area contributed by atoms with Gasteiger partial charge in [0.2, 0.25) is 0 Å². The number of aliphatic hydroxyl groups is 1. The molecule has 96 valence electrons. The Kier molecular flexibility index (Phi) is 4.77. The second kappa shape index (κ2) is 5.48. The zero-order valence-corrected chi connectivity index (χ0v) is 11.3. The molecule has 0 aliphatic carbocycles. The van der Waals surface area contributed by atoms with E-state index in [1.165, 1.54) is 0 Å². The van der Waals surface area contributed by atoms with Crippen LogP contribution in [-0.4, -0.2) is 49.0 Å². The van der Waals surface area contributed by atoms with Crippen molar-refractivity contribution in [2.45, 2.75) is 45.6 Å². The molecule has 0 amide bonds. The van der Waals surface area contributed by atoms with Crippen molar-refractivity contribution in [3.63, 3.8) is 0 Å². The summed E-state index contributed by atoms with van der Waals surface area (Å²) < 4.78 is 5.28. The van der Waals surface area contributed by atoms with Crippen LogP contribution in [-0.2, 0) is 4.74 Å². The fourth-order valence-corrected chi connectivity index (χ4v) is 2.02. The highest BCUT2D eigenvalue weighted by molar-refractivity contribution is 4.84. The molecular formula is C13H27NO2. The molecule has 0 aromatic carbocycles. The van der Waals surface area contributed by atoms with Crippen molar-refractivity contribution < 1.29 is 9.84 Å². The third-order valence-corrected chi connectivity index (χ3v) is 3.23. The van der Waals surface area contributed by atoms with Gasteiger partial charge in [-0.1, -0.05) is 20.8 Å². The van der Waals surface area contributed by atoms with Crippen LogP contribution in [0.4, 0.5) is 0 Å². The molecule has 1 rings (SSSR count). The highest BCUT2D eigenvalue weighted by atomic mass is 16.5. The van der Waals surface area contributed by atoms with Gasteiger partial charge in [0.05, 0.1) is 5.60 Å². The van der Waals surface area contributed by atoms with E-state index in [0.29, 0.717) is 18.6 Å². The third kappa shape index (κ3) is 5.28. The number of likely N-dealkylation sites (N-methyl/N-ethyl adjacent to an activating group) is 1. The van der Waals surface area contributed by atoms with Crippen molar-refractivity contribution in [2.75, 3.05) is 33.4 Å². The van der Waals surface area contributed by atoms with Crippen molar-refractivity contribution >= 4 is 0 Å². The molecule has 0 bridgehead atoms. The maximum absolute atomic E-state index is 10.3. The normalized spacial score (nSPS) is 21.4. The maximum atomic E-state index is 10.3. The molecule has 16 heavy (non-hydrogen) atoms. The summed E-state index contributed by atoms with van der Waals surface area (Å²) in [7, 11) is 2.10. The molecule has 1 heterocycles. The Morgan fingerprint density at radius 2 is 1.81 bits per heavy atom. The molecule has 1 N–H and O–H groups in total. The fourth-order valence-electron chi connectivity index (χ4n) is 2.02. The van der Waals surface area contributed by atoms with Crippen LogP contribution in [0.5, 0.6) is 0 Å². The lowest BCUT2D eigenvalue weighted by atomic mass is 9.91. The second-order valence-corrected chi connectivity index (χ2v) is 6.39. The molecule has 0 spiro atoms. The number of rotatable bonds is 4. The molecule has 3 nitrogen and oxygen atoms in total. The van der Waals surface area contributed by atoms with Gasteiger partial charge in [0.15, 0.2) is 0 Å². The summed E-state index contributed by atoms with van der Waals surface area (Å²) in [5, 5.41) is 10.3. The summed E-state index contributed by atoms with van der Waals surface area (Å²) in [6.07, 6.45) is 2.70. The van der Waals surface area contributed by atoms with Gasteiger partial charge >= 0.3 is 0 Å². The molecular weight excluding hydrogens is 202 g/mol. The quantitative estimate of drug-likeness (QED) is 0.799. The average molecular weight is 229 g/mol. The second-order valence-electron chi connectivity index (χ2n) is 6.39. The minimum absolute atomic E-state index is 0.368. The van der Waals surface area contributed by atoms with Gasteiger partial charge in [-0.15, -0.1) is 0 Å². The van der Waals surface area contributed by atoms with Crippen LogP contribution in [0.3, 0.4) is 0 Å². The van der Waals surface area contributed by atoms with Gasteiger partial charge in [-0.3, -0.25) is 0 Å². The summed E-state index contributed by atoms with van der Waals surface area (Å²) >= 11 is 0. The van der Waals surface area contributed by atoms with Crippen LogP contribution in [0.2, 0.25) is 0 Å². The lowest BCUT2D eigenvalue weighted by Crippen LogP contribution is -2.46. The van der Waals surface area contributed by atoms with E-state index in [-0.39, 0.29) is 0 Å². The monoisotopic (exact) mass is 229 g/mol. The molecule has 0 aromatic heterocycles. The van der Waals surface area contributed by atoms with Gasteiger partial charge in [0.1, 0.15) is 0 Å². The molecule has 1 aliphatic rings. The van der Waals surface area contributed by atoms with Crippen molar-refractivity contribution in [2.24, 2.45) is 5.41 Å². The van der Waals surface area contributed by atoms with Crippen molar-refractivity contribution in [1.29, 1.82) is 0 Å². The Morgan fingerprint density at radius 3 is 2.31 bits per heavy atom. The predicted molar refractivity (Wildman–Crippen MR) is 66.6 cm³/mol. The van der Waals surface area contributed by atoms with Crippen molar-refractivity contribution in [3.05, 3.63) is 0 Å². The first-order valence-corrected chi connectivity index (χ1v) is 6.29. The highest BCUT2D eigenvalue weighted by Crippen LogP contribution is 2.23. The van der Waals surface area contributed by atoms with E-state index in [1.54, 1.807) is 0 Å². The summed E-state index contributed by atoms with van der Waals surface area (Å²) in [4.78, 5) is 2.25. The SMILES string of the molecule is CN(CCC(C)(C)C)CC1(O)CCOCC1. The largest absolute Gasteiger partial charge is 0.388 e. The van der Waals surface area contributed by atoms with E-state index in [2.05, 4.69) is 32.7 Å². The molecule has 0 atom stereocenters. The molecule has 3 heteroatoms. The van der Waals surface area contributed by atoms with Gasteiger partial charge in [-0.2, -0.15) is 0 Å². The zero-order valence-electron chi connectivity index (χ0n) is 11.3. The maximum Gasteiger partial charge on any atom is 0.0817 e. The topological polar surface area (TPSA) is 32.7 Å². The highest BCUT2D eigenvalue weighted by Gasteiger charge is 2.31. The van der Waals surface area contributed by atoms with Crippen LogP contribution >= 0.6 is 0 Å². The van der Waals surface area contributed by atoms with Crippen LogP contribution in [0.1, 0.15) is 40.0 Å². The van der Waals surface area contributed by atoms with Crippen LogP contribution in [0, 0.1) is 5.41 Å². The number of hydrogen-bond donors (Lipinski definition) is 1. The molecule has 0 unspecified atom stereocenters. The van der Waals surface area contributed by atoms with E-state index < -0.39 is 5.60 Å². The zero-order chi connectivity index (χ0) is 12.2. The van der Waals surface area contributed by atoms with E-state index in [9.17, 15) is 5.11 Å². The molecule has 0 saturated carbocycles. The molecule has 1 aliphatic heterocycles. The van der Waals surface area contributed by atoms with Crippen molar-refractivity contribution in [3.8, 4) is 0 Å². The number of ether oxygens (including phenoxy) is 1.